The summed E-state index contributed by atoms with van der Waals surface area (Å²) in [6, 6.07) is 1.76. The number of thiophene rings is 1. The first-order valence-electron chi connectivity index (χ1n) is 6.62. The predicted molar refractivity (Wildman–Crippen MR) is 79.8 cm³/mol. The van der Waals surface area contributed by atoms with Crippen LogP contribution in [0.5, 0.6) is 0 Å². The lowest BCUT2D eigenvalue weighted by atomic mass is 10.3. The highest BCUT2D eigenvalue weighted by Gasteiger charge is 2.06. The summed E-state index contributed by atoms with van der Waals surface area (Å²) in [5.74, 6) is -0.0562. The second-order valence-corrected chi connectivity index (χ2v) is 5.37. The van der Waals surface area contributed by atoms with Crippen LogP contribution in [0.15, 0.2) is 22.6 Å². The molecule has 0 bridgehead atoms. The zero-order valence-corrected chi connectivity index (χ0v) is 12.0. The van der Waals surface area contributed by atoms with E-state index in [9.17, 15) is 9.59 Å². The van der Waals surface area contributed by atoms with Gasteiger partial charge in [0.2, 0.25) is 5.91 Å². The molecule has 0 saturated heterocycles. The molecule has 2 rings (SSSR count). The van der Waals surface area contributed by atoms with E-state index in [0.29, 0.717) is 25.0 Å². The Morgan fingerprint density at radius 3 is 3.10 bits per heavy atom. The minimum Gasteiger partial charge on any atom is -0.356 e. The largest absolute Gasteiger partial charge is 0.356 e. The van der Waals surface area contributed by atoms with Crippen LogP contribution in [0.3, 0.4) is 0 Å². The predicted octanol–water partition coefficient (Wildman–Crippen LogP) is 0.703. The average Bonchev–Trinajstić information content (AvgIpc) is 2.92. The van der Waals surface area contributed by atoms with Gasteiger partial charge in [-0.25, -0.2) is 4.98 Å². The molecule has 3 N–H and O–H groups in total. The van der Waals surface area contributed by atoms with E-state index in [2.05, 4.69) is 10.3 Å². The zero-order valence-electron chi connectivity index (χ0n) is 11.2. The topological polar surface area (TPSA) is 90.0 Å². The third kappa shape index (κ3) is 3.64. The molecular formula is C13H18N4O2S. The van der Waals surface area contributed by atoms with Crippen molar-refractivity contribution in [2.24, 2.45) is 5.73 Å². The second-order valence-electron chi connectivity index (χ2n) is 4.48. The van der Waals surface area contributed by atoms with Gasteiger partial charge in [-0.3, -0.25) is 14.2 Å². The fourth-order valence-corrected chi connectivity index (χ4v) is 2.58. The SMILES string of the molecule is NCCCCNC(=O)CCn1cnc2sccc2c1=O. The van der Waals surface area contributed by atoms with E-state index in [0.717, 1.165) is 17.7 Å². The second kappa shape index (κ2) is 7.16. The number of carbonyl (C=O) groups is 1. The molecule has 0 aliphatic carbocycles. The minimum atomic E-state index is -0.0906. The molecule has 108 valence electrons. The van der Waals surface area contributed by atoms with E-state index in [-0.39, 0.29) is 17.9 Å². The lowest BCUT2D eigenvalue weighted by molar-refractivity contribution is -0.121. The summed E-state index contributed by atoms with van der Waals surface area (Å²) in [5, 5.41) is 5.26. The van der Waals surface area contributed by atoms with Crippen molar-refractivity contribution in [1.82, 2.24) is 14.9 Å². The highest BCUT2D eigenvalue weighted by Crippen LogP contribution is 2.13. The summed E-state index contributed by atoms with van der Waals surface area (Å²) >= 11 is 1.44. The highest BCUT2D eigenvalue weighted by molar-refractivity contribution is 7.16. The Morgan fingerprint density at radius 2 is 2.30 bits per heavy atom. The number of unbranched alkanes of at least 4 members (excludes halogenated alkanes) is 1. The van der Waals surface area contributed by atoms with Crippen LogP contribution in [0.2, 0.25) is 0 Å². The standard InChI is InChI=1S/C13H18N4O2S/c14-5-1-2-6-15-11(18)3-7-17-9-16-12-10(13(17)19)4-8-20-12/h4,8-9H,1-3,5-7,14H2,(H,15,18). The maximum atomic E-state index is 12.1. The number of aromatic nitrogens is 2. The van der Waals surface area contributed by atoms with E-state index >= 15 is 0 Å². The van der Waals surface area contributed by atoms with Gasteiger partial charge in [-0.15, -0.1) is 11.3 Å². The van der Waals surface area contributed by atoms with E-state index < -0.39 is 0 Å². The monoisotopic (exact) mass is 294 g/mol. The maximum Gasteiger partial charge on any atom is 0.262 e. The van der Waals surface area contributed by atoms with E-state index in [1.807, 2.05) is 5.38 Å². The molecule has 0 fully saturated rings. The van der Waals surface area contributed by atoms with Crippen molar-refractivity contribution in [2.45, 2.75) is 25.8 Å². The van der Waals surface area contributed by atoms with Crippen molar-refractivity contribution >= 4 is 27.5 Å². The third-order valence-corrected chi connectivity index (χ3v) is 3.80. The molecule has 2 aromatic rings. The van der Waals surface area contributed by atoms with Crippen LogP contribution in [0.4, 0.5) is 0 Å². The van der Waals surface area contributed by atoms with Crippen molar-refractivity contribution in [1.29, 1.82) is 0 Å². The van der Waals surface area contributed by atoms with Gasteiger partial charge in [0.1, 0.15) is 4.83 Å². The quantitative estimate of drug-likeness (QED) is 0.736. The zero-order chi connectivity index (χ0) is 14.4. The van der Waals surface area contributed by atoms with Crippen molar-refractivity contribution in [2.75, 3.05) is 13.1 Å². The molecule has 0 aliphatic heterocycles. The van der Waals surface area contributed by atoms with Gasteiger partial charge < -0.3 is 11.1 Å². The molecule has 2 aromatic heterocycles. The molecule has 0 aromatic carbocycles. The van der Waals surface area contributed by atoms with Crippen molar-refractivity contribution in [3.05, 3.63) is 28.1 Å². The summed E-state index contributed by atoms with van der Waals surface area (Å²) in [4.78, 5) is 28.6. The van der Waals surface area contributed by atoms with Gasteiger partial charge in [0.25, 0.3) is 5.56 Å². The molecule has 20 heavy (non-hydrogen) atoms. The number of rotatable bonds is 7. The van der Waals surface area contributed by atoms with Gasteiger partial charge >= 0.3 is 0 Å². The maximum absolute atomic E-state index is 12.1. The molecule has 7 heteroatoms. The van der Waals surface area contributed by atoms with Crippen LogP contribution in [0.1, 0.15) is 19.3 Å². The van der Waals surface area contributed by atoms with Gasteiger partial charge in [0.15, 0.2) is 0 Å². The number of nitrogens with zero attached hydrogens (tertiary/aromatic N) is 2. The first-order chi connectivity index (χ1) is 9.72. The number of carbonyl (C=O) groups excluding carboxylic acids is 1. The molecule has 0 spiro atoms. The number of amides is 1. The Hall–Kier alpha value is -1.73. The molecule has 0 unspecified atom stereocenters. The van der Waals surface area contributed by atoms with Crippen LogP contribution in [-0.4, -0.2) is 28.5 Å². The Morgan fingerprint density at radius 1 is 1.45 bits per heavy atom. The molecule has 0 radical (unpaired) electrons. The van der Waals surface area contributed by atoms with Crippen molar-refractivity contribution in [3.8, 4) is 0 Å². The van der Waals surface area contributed by atoms with Crippen LogP contribution >= 0.6 is 11.3 Å². The summed E-state index contributed by atoms with van der Waals surface area (Å²) in [6.45, 7) is 1.62. The fraction of sp³-hybridized carbons (Fsp3) is 0.462. The van der Waals surface area contributed by atoms with E-state index in [1.54, 1.807) is 6.07 Å². The first-order valence-corrected chi connectivity index (χ1v) is 7.49. The number of aryl methyl sites for hydroxylation is 1. The Kier molecular flexibility index (Phi) is 5.25. The van der Waals surface area contributed by atoms with Gasteiger partial charge in [-0.05, 0) is 30.8 Å². The Labute approximate surface area is 120 Å². The van der Waals surface area contributed by atoms with E-state index in [1.165, 1.54) is 22.2 Å². The number of hydrogen-bond donors (Lipinski definition) is 2. The van der Waals surface area contributed by atoms with Crippen LogP contribution in [-0.2, 0) is 11.3 Å². The lowest BCUT2D eigenvalue weighted by Gasteiger charge is -2.06. The molecule has 0 atom stereocenters. The molecule has 0 aliphatic rings. The summed E-state index contributed by atoms with van der Waals surface area (Å²) in [5.41, 5.74) is 5.29. The minimum absolute atomic E-state index is 0.0562. The Bertz CT molecular complexity index is 635. The van der Waals surface area contributed by atoms with Gasteiger partial charge in [0.05, 0.1) is 11.7 Å². The van der Waals surface area contributed by atoms with E-state index in [4.69, 9.17) is 5.73 Å². The number of nitrogens with one attached hydrogen (secondary N) is 1. The molecule has 0 saturated carbocycles. The smallest absolute Gasteiger partial charge is 0.262 e. The number of hydrogen-bond acceptors (Lipinski definition) is 5. The normalized spacial score (nSPS) is 10.8. The summed E-state index contributed by atoms with van der Waals surface area (Å²) in [6.07, 6.45) is 3.56. The Balaban J connectivity index is 1.87. The molecule has 1 amide bonds. The number of nitrogens with two attached hydrogens (primary N) is 1. The molecular weight excluding hydrogens is 276 g/mol. The highest BCUT2D eigenvalue weighted by atomic mass is 32.1. The van der Waals surface area contributed by atoms with Crippen molar-refractivity contribution in [3.63, 3.8) is 0 Å². The van der Waals surface area contributed by atoms with Crippen LogP contribution < -0.4 is 16.6 Å². The van der Waals surface area contributed by atoms with Crippen LogP contribution in [0.25, 0.3) is 10.2 Å². The van der Waals surface area contributed by atoms with Crippen molar-refractivity contribution < 1.29 is 4.79 Å². The molecule has 6 nitrogen and oxygen atoms in total. The van der Waals surface area contributed by atoms with Gasteiger partial charge in [0, 0.05) is 19.5 Å². The number of fused-ring (bicyclic) bond motifs is 1. The fourth-order valence-electron chi connectivity index (χ4n) is 1.86. The first kappa shape index (κ1) is 14.7. The van der Waals surface area contributed by atoms with Gasteiger partial charge in [-0.2, -0.15) is 0 Å². The lowest BCUT2D eigenvalue weighted by Crippen LogP contribution is -2.28. The third-order valence-electron chi connectivity index (χ3n) is 2.98. The van der Waals surface area contributed by atoms with Crippen LogP contribution in [0, 0.1) is 0 Å². The molecule has 2 heterocycles. The summed E-state index contributed by atoms with van der Waals surface area (Å²) < 4.78 is 1.48. The van der Waals surface area contributed by atoms with Gasteiger partial charge in [-0.1, -0.05) is 0 Å². The average molecular weight is 294 g/mol. The summed E-state index contributed by atoms with van der Waals surface area (Å²) in [7, 11) is 0.